The molecule has 2 aliphatic heterocycles. The smallest absolute Gasteiger partial charge is 0.0204 e. The summed E-state index contributed by atoms with van der Waals surface area (Å²) in [7, 11) is 0. The van der Waals surface area contributed by atoms with Gasteiger partial charge >= 0.3 is 0 Å². The lowest BCUT2D eigenvalue weighted by molar-refractivity contribution is 0.249. The van der Waals surface area contributed by atoms with Gasteiger partial charge in [0, 0.05) is 51.9 Å². The molecule has 0 bridgehead atoms. The maximum atomic E-state index is 3.82. The summed E-state index contributed by atoms with van der Waals surface area (Å²) in [5, 5.41) is 25.3. The fraction of sp³-hybridized carbons (Fsp3) is 1.00. The predicted molar refractivity (Wildman–Crippen MR) is 129 cm³/mol. The largest absolute Gasteiger partial charge is 0.315 e. The Morgan fingerprint density at radius 1 is 0.500 bits per heavy atom. The zero-order chi connectivity index (χ0) is 21.0. The Balaban J connectivity index is 1.71. The van der Waals surface area contributed by atoms with E-state index >= 15 is 0 Å². The maximum Gasteiger partial charge on any atom is 0.0204 e. The van der Waals surface area contributed by atoms with Crippen molar-refractivity contribution < 1.29 is 0 Å². The summed E-state index contributed by atoms with van der Waals surface area (Å²) in [6.45, 7) is 17.8. The third kappa shape index (κ3) is 14.6. The summed E-state index contributed by atoms with van der Waals surface area (Å²) < 4.78 is 0. The van der Waals surface area contributed by atoms with Crippen LogP contribution in [0.25, 0.3) is 0 Å². The Hall–Kier alpha value is -0.320. The highest BCUT2D eigenvalue weighted by Crippen LogP contribution is 1.99. The first-order valence-electron chi connectivity index (χ1n) is 12.7. The first-order chi connectivity index (χ1) is 14.9. The topological polar surface area (TPSA) is 87.5 Å². The van der Waals surface area contributed by atoms with Crippen molar-refractivity contribution in [3.63, 3.8) is 0 Å². The van der Waals surface area contributed by atoms with E-state index in [1.165, 1.54) is 45.2 Å². The molecule has 8 heteroatoms. The van der Waals surface area contributed by atoms with Gasteiger partial charge in [-0.3, -0.25) is 0 Å². The third-order valence-electron chi connectivity index (χ3n) is 5.95. The van der Waals surface area contributed by atoms with Crippen LogP contribution < -0.4 is 37.2 Å². The normalized spacial score (nSPS) is 27.0. The van der Waals surface area contributed by atoms with Crippen LogP contribution in [0.2, 0.25) is 0 Å². The van der Waals surface area contributed by atoms with E-state index in [0.717, 1.165) is 91.6 Å². The molecular weight excluding hydrogens is 376 g/mol. The summed E-state index contributed by atoms with van der Waals surface area (Å²) in [4.78, 5) is 2.66. The number of nitrogens with zero attached hydrogens (tertiary/aromatic N) is 1. The van der Waals surface area contributed by atoms with Crippen LogP contribution in [-0.2, 0) is 0 Å². The van der Waals surface area contributed by atoms with Gasteiger partial charge in [-0.15, -0.1) is 0 Å². The van der Waals surface area contributed by atoms with Crippen molar-refractivity contribution in [3.05, 3.63) is 0 Å². The van der Waals surface area contributed by atoms with Crippen LogP contribution in [0.15, 0.2) is 0 Å². The van der Waals surface area contributed by atoms with Gasteiger partial charge in [-0.25, -0.2) is 0 Å². The van der Waals surface area contributed by atoms with Gasteiger partial charge in [0.1, 0.15) is 0 Å². The molecule has 0 amide bonds. The second-order valence-electron chi connectivity index (χ2n) is 8.65. The Labute approximate surface area is 185 Å². The molecule has 0 aromatic heterocycles. The highest BCUT2D eigenvalue weighted by molar-refractivity contribution is 4.74. The molecule has 1 atom stereocenters. The number of hydrogen-bond donors (Lipinski definition) is 7. The fourth-order valence-electron chi connectivity index (χ4n) is 4.07. The Morgan fingerprint density at radius 3 is 1.70 bits per heavy atom. The maximum absolute atomic E-state index is 3.82. The van der Waals surface area contributed by atoms with Crippen molar-refractivity contribution in [2.24, 2.45) is 0 Å². The van der Waals surface area contributed by atoms with Gasteiger partial charge in [-0.2, -0.15) is 0 Å². The van der Waals surface area contributed by atoms with Gasteiger partial charge in [0.25, 0.3) is 0 Å². The molecule has 178 valence electrons. The summed E-state index contributed by atoms with van der Waals surface area (Å²) in [6, 6.07) is 0.561. The van der Waals surface area contributed by atoms with Gasteiger partial charge in [-0.1, -0.05) is 0 Å². The average molecular weight is 427 g/mol. The average Bonchev–Trinajstić information content (AvgIpc) is 2.76. The number of rotatable bonds is 3. The minimum Gasteiger partial charge on any atom is -0.315 e. The zero-order valence-corrected chi connectivity index (χ0v) is 19.4. The lowest BCUT2D eigenvalue weighted by Crippen LogP contribution is -2.44. The third-order valence-corrected chi connectivity index (χ3v) is 5.95. The predicted octanol–water partition coefficient (Wildman–Crippen LogP) is -1.24. The summed E-state index contributed by atoms with van der Waals surface area (Å²) in [5.74, 6) is 0. The quantitative estimate of drug-likeness (QED) is 0.302. The Bertz CT molecular complexity index is 309. The Kier molecular flexibility index (Phi) is 16.7. The second kappa shape index (κ2) is 19.4. The molecule has 0 saturated carbocycles. The molecule has 2 rings (SSSR count). The van der Waals surface area contributed by atoms with Crippen molar-refractivity contribution in [1.29, 1.82) is 0 Å². The van der Waals surface area contributed by atoms with E-state index < -0.39 is 0 Å². The van der Waals surface area contributed by atoms with Crippen molar-refractivity contribution in [2.45, 2.75) is 38.1 Å². The van der Waals surface area contributed by atoms with Gasteiger partial charge in [0.05, 0.1) is 0 Å². The van der Waals surface area contributed by atoms with Crippen molar-refractivity contribution >= 4 is 0 Å². The van der Waals surface area contributed by atoms with E-state index in [4.69, 9.17) is 0 Å². The van der Waals surface area contributed by atoms with Crippen LogP contribution in [0.1, 0.15) is 32.1 Å². The standard InChI is InChI=1S/C22H50N8/c1-6-23-15-16-26-11-4-18-30(20-17-27-8-1)19-5-22-21-28-10-2-7-24-13-14-25-9-3-12-29-22/h22-29H,1-21H2. The van der Waals surface area contributed by atoms with E-state index in [-0.39, 0.29) is 0 Å². The minimum absolute atomic E-state index is 0.561. The molecule has 8 nitrogen and oxygen atoms in total. The minimum atomic E-state index is 0.561. The lowest BCUT2D eigenvalue weighted by atomic mass is 10.1. The van der Waals surface area contributed by atoms with Crippen molar-refractivity contribution in [2.75, 3.05) is 105 Å². The van der Waals surface area contributed by atoms with Crippen molar-refractivity contribution in [1.82, 2.24) is 42.1 Å². The van der Waals surface area contributed by atoms with Gasteiger partial charge in [0.2, 0.25) is 0 Å². The van der Waals surface area contributed by atoms with Crippen LogP contribution in [0.3, 0.4) is 0 Å². The van der Waals surface area contributed by atoms with E-state index in [1.54, 1.807) is 0 Å². The van der Waals surface area contributed by atoms with Gasteiger partial charge in [0.15, 0.2) is 0 Å². The van der Waals surface area contributed by atoms with Crippen LogP contribution in [0.5, 0.6) is 0 Å². The molecule has 0 spiro atoms. The van der Waals surface area contributed by atoms with E-state index in [0.29, 0.717) is 6.04 Å². The van der Waals surface area contributed by atoms with Crippen LogP contribution in [-0.4, -0.2) is 116 Å². The van der Waals surface area contributed by atoms with Crippen LogP contribution >= 0.6 is 0 Å². The molecule has 30 heavy (non-hydrogen) atoms. The second-order valence-corrected chi connectivity index (χ2v) is 8.65. The molecular formula is C22H50N8. The molecule has 1 unspecified atom stereocenters. The van der Waals surface area contributed by atoms with Crippen LogP contribution in [0, 0.1) is 0 Å². The molecule has 2 fully saturated rings. The summed E-state index contributed by atoms with van der Waals surface area (Å²) in [5.41, 5.74) is 0. The van der Waals surface area contributed by atoms with E-state index in [1.807, 2.05) is 0 Å². The summed E-state index contributed by atoms with van der Waals surface area (Å²) >= 11 is 0. The lowest BCUT2D eigenvalue weighted by Gasteiger charge is -2.27. The highest BCUT2D eigenvalue weighted by Gasteiger charge is 2.12. The fourth-order valence-corrected chi connectivity index (χ4v) is 4.07. The summed E-state index contributed by atoms with van der Waals surface area (Å²) in [6.07, 6.45) is 6.06. The molecule has 2 aliphatic rings. The Morgan fingerprint density at radius 2 is 1.03 bits per heavy atom. The molecule has 0 radical (unpaired) electrons. The van der Waals surface area contributed by atoms with Crippen LogP contribution in [0.4, 0.5) is 0 Å². The molecule has 2 saturated heterocycles. The molecule has 7 N–H and O–H groups in total. The van der Waals surface area contributed by atoms with Gasteiger partial charge < -0.3 is 42.1 Å². The first-order valence-corrected chi connectivity index (χ1v) is 12.7. The van der Waals surface area contributed by atoms with Crippen molar-refractivity contribution in [3.8, 4) is 0 Å². The molecule has 0 aliphatic carbocycles. The monoisotopic (exact) mass is 426 g/mol. The highest BCUT2D eigenvalue weighted by atomic mass is 15.1. The van der Waals surface area contributed by atoms with Gasteiger partial charge in [-0.05, 0) is 91.0 Å². The first kappa shape index (κ1) is 25.9. The van der Waals surface area contributed by atoms with E-state index in [2.05, 4.69) is 42.1 Å². The van der Waals surface area contributed by atoms with E-state index in [9.17, 15) is 0 Å². The SMILES string of the molecule is C1CNCCNCCCN(CCC2CNCCCNCCNCCCN2)CCNC1. The molecule has 2 heterocycles. The number of hydrogen-bond acceptors (Lipinski definition) is 8. The molecule has 0 aromatic carbocycles. The molecule has 0 aromatic rings. The zero-order valence-electron chi connectivity index (χ0n) is 19.4. The number of nitrogens with one attached hydrogen (secondary N) is 7.